The van der Waals surface area contributed by atoms with Crippen molar-refractivity contribution in [1.29, 1.82) is 0 Å². The highest BCUT2D eigenvalue weighted by Crippen LogP contribution is 2.27. The van der Waals surface area contributed by atoms with Gasteiger partial charge in [-0.3, -0.25) is 9.59 Å². The molecule has 0 aliphatic heterocycles. The number of H-pyrrole nitrogens is 1. The molecule has 1 N–H and O–H groups in total. The van der Waals surface area contributed by atoms with Gasteiger partial charge in [0.25, 0.3) is 0 Å². The Bertz CT molecular complexity index is 616. The van der Waals surface area contributed by atoms with Crippen molar-refractivity contribution in [3.05, 3.63) is 45.1 Å². The summed E-state index contributed by atoms with van der Waals surface area (Å²) in [6.07, 6.45) is 2.09. The predicted molar refractivity (Wildman–Crippen MR) is 65.2 cm³/mol. The van der Waals surface area contributed by atoms with E-state index in [1.807, 2.05) is 0 Å². The Morgan fingerprint density at radius 3 is 2.71 bits per heavy atom. The van der Waals surface area contributed by atoms with Crippen LogP contribution < -0.4 is 10.2 Å². The van der Waals surface area contributed by atoms with E-state index >= 15 is 0 Å². The van der Waals surface area contributed by atoms with Gasteiger partial charge in [0.1, 0.15) is 5.75 Å². The van der Waals surface area contributed by atoms with Gasteiger partial charge in [-0.15, -0.1) is 0 Å². The average molecular weight is 252 g/mol. The van der Waals surface area contributed by atoms with Gasteiger partial charge < -0.3 is 15.1 Å². The molecule has 6 heteroatoms. The van der Waals surface area contributed by atoms with Gasteiger partial charge in [0.15, 0.2) is 5.43 Å². The van der Waals surface area contributed by atoms with Crippen LogP contribution in [0.3, 0.4) is 0 Å². The highest BCUT2D eigenvalue weighted by molar-refractivity contribution is 6.32. The number of benzene rings is 1. The van der Waals surface area contributed by atoms with Crippen LogP contribution in [0.2, 0.25) is 5.02 Å². The quantitative estimate of drug-likeness (QED) is 0.622. The van der Waals surface area contributed by atoms with Gasteiger partial charge in [0.2, 0.25) is 0 Å². The molecule has 2 aromatic rings. The van der Waals surface area contributed by atoms with Gasteiger partial charge in [0.05, 0.1) is 17.6 Å². The van der Waals surface area contributed by atoms with Crippen LogP contribution >= 0.6 is 11.6 Å². The number of isocyanates is 1. The molecular weight excluding hydrogens is 244 g/mol. The van der Waals surface area contributed by atoms with Crippen molar-refractivity contribution in [3.8, 4) is 5.75 Å². The van der Waals surface area contributed by atoms with Crippen LogP contribution in [0.25, 0.3) is 16.3 Å². The Labute approximate surface area is 101 Å². The van der Waals surface area contributed by atoms with Crippen LogP contribution in [0.5, 0.6) is 5.75 Å². The second kappa shape index (κ2) is 5.84. The molecule has 0 unspecified atom stereocenters. The molecule has 1 heterocycles. The summed E-state index contributed by atoms with van der Waals surface area (Å²) in [7, 11) is 1.52. The number of methoxy groups -OCH3 is 1. The Balaban J connectivity index is 0.000000437. The number of aromatic nitrogens is 1. The number of carbonyl (C=O) groups excluding carboxylic acids is 1. The summed E-state index contributed by atoms with van der Waals surface area (Å²) in [5.41, 5.74) is 0.664. The fourth-order valence-corrected chi connectivity index (χ4v) is 1.57. The van der Waals surface area contributed by atoms with Crippen molar-refractivity contribution < 1.29 is 9.53 Å². The number of aromatic amines is 1. The number of hydrogen-bond donors (Lipinski definition) is 1. The third-order valence-electron chi connectivity index (χ3n) is 2.03. The number of ether oxygens (including phenoxy) is 1. The summed E-state index contributed by atoms with van der Waals surface area (Å²) in [6.45, 7) is 0. The van der Waals surface area contributed by atoms with Gasteiger partial charge in [-0.2, -0.15) is 0 Å². The number of pyridine rings is 1. The van der Waals surface area contributed by atoms with Gasteiger partial charge >= 0.3 is 0 Å². The molecule has 0 aliphatic rings. The van der Waals surface area contributed by atoms with Crippen LogP contribution in [0.4, 0.5) is 0 Å². The zero-order valence-corrected chi connectivity index (χ0v) is 9.62. The van der Waals surface area contributed by atoms with E-state index in [0.717, 1.165) is 0 Å². The number of hydrogen-bond acceptors (Lipinski definition) is 3. The minimum atomic E-state index is -0.0475. The maximum atomic E-state index is 11.4. The van der Waals surface area contributed by atoms with Gasteiger partial charge in [-0.05, 0) is 18.2 Å². The summed E-state index contributed by atoms with van der Waals surface area (Å²) in [6, 6.07) is 4.78. The number of nitrogens with zero attached hydrogens (tertiary/aromatic N) is 1. The van der Waals surface area contributed by atoms with Crippen LogP contribution in [0.15, 0.2) is 29.2 Å². The molecule has 1 aromatic heterocycles. The maximum Gasteiger partial charge on any atom is 0.189 e. The molecule has 0 bridgehead atoms. The van der Waals surface area contributed by atoms with Gasteiger partial charge in [0, 0.05) is 17.6 Å². The summed E-state index contributed by atoms with van der Waals surface area (Å²) < 4.78 is 5.02. The van der Waals surface area contributed by atoms with Crippen LogP contribution in [-0.2, 0) is 4.79 Å². The van der Waals surface area contributed by atoms with Crippen molar-refractivity contribution in [2.24, 2.45) is 0 Å². The van der Waals surface area contributed by atoms with Gasteiger partial charge in [-0.1, -0.05) is 11.6 Å². The number of fused-ring (bicyclic) bond motifs is 1. The van der Waals surface area contributed by atoms with Gasteiger partial charge in [-0.25, -0.2) is 0 Å². The van der Waals surface area contributed by atoms with E-state index in [9.17, 15) is 4.79 Å². The summed E-state index contributed by atoms with van der Waals surface area (Å²) in [5, 5.41) is 7.83. The lowest BCUT2D eigenvalue weighted by molar-refractivity contribution is 0.415. The average Bonchev–Trinajstić information content (AvgIpc) is 2.30. The molecule has 0 amide bonds. The van der Waals surface area contributed by atoms with E-state index in [2.05, 4.69) is 4.98 Å². The Hall–Kier alpha value is -2.10. The molecule has 17 heavy (non-hydrogen) atoms. The van der Waals surface area contributed by atoms with E-state index in [4.69, 9.17) is 26.5 Å². The Morgan fingerprint density at radius 1 is 1.47 bits per heavy atom. The van der Waals surface area contributed by atoms with E-state index in [1.165, 1.54) is 13.2 Å². The standard InChI is InChI=1S/C10H8ClNO2.CNO/c1-14-10-4-6-8(5-7(10)11)12-3-2-9(6)13;2-1-3/h2-5H,1H3,(H,12,13);/q;-1. The molecule has 5 nitrogen and oxygen atoms in total. The molecule has 0 fully saturated rings. The molecule has 0 saturated heterocycles. The van der Waals surface area contributed by atoms with Crippen LogP contribution in [-0.4, -0.2) is 18.2 Å². The monoisotopic (exact) mass is 251 g/mol. The predicted octanol–water partition coefficient (Wildman–Crippen LogP) is 2.08. The first kappa shape index (κ1) is 13.0. The second-order valence-electron chi connectivity index (χ2n) is 2.97. The van der Waals surface area contributed by atoms with Crippen molar-refractivity contribution in [2.45, 2.75) is 0 Å². The molecule has 2 rings (SSSR count). The zero-order valence-electron chi connectivity index (χ0n) is 8.86. The van der Waals surface area contributed by atoms with Crippen molar-refractivity contribution in [1.82, 2.24) is 4.98 Å². The maximum absolute atomic E-state index is 11.4. The molecule has 0 aliphatic carbocycles. The topological polar surface area (TPSA) is 81.5 Å². The fourth-order valence-electron chi connectivity index (χ4n) is 1.33. The third-order valence-corrected chi connectivity index (χ3v) is 2.33. The second-order valence-corrected chi connectivity index (χ2v) is 3.37. The van der Waals surface area contributed by atoms with Crippen molar-refractivity contribution in [2.75, 3.05) is 7.11 Å². The minimum absolute atomic E-state index is 0.0475. The largest absolute Gasteiger partial charge is 0.724 e. The highest BCUT2D eigenvalue weighted by Gasteiger charge is 2.04. The molecular formula is C11H8ClN2O3-. The summed E-state index contributed by atoms with van der Waals surface area (Å²) in [4.78, 5) is 22.6. The summed E-state index contributed by atoms with van der Waals surface area (Å²) in [5.74, 6) is 0.510. The third kappa shape index (κ3) is 2.93. The van der Waals surface area contributed by atoms with E-state index in [1.54, 1.807) is 18.3 Å². The lowest BCUT2D eigenvalue weighted by Crippen LogP contribution is -2.00. The summed E-state index contributed by atoms with van der Waals surface area (Å²) >= 11 is 5.91. The molecule has 88 valence electrons. The van der Waals surface area contributed by atoms with E-state index in [-0.39, 0.29) is 5.43 Å². The molecule has 1 aromatic carbocycles. The normalized spacial score (nSPS) is 9.06. The fraction of sp³-hybridized carbons (Fsp3) is 0.0909. The first-order valence-corrected chi connectivity index (χ1v) is 4.88. The Kier molecular flexibility index (Phi) is 4.46. The first-order valence-electron chi connectivity index (χ1n) is 4.50. The lowest BCUT2D eigenvalue weighted by Gasteiger charge is -2.04. The minimum Gasteiger partial charge on any atom is -0.724 e. The van der Waals surface area contributed by atoms with Crippen molar-refractivity contribution >= 4 is 28.6 Å². The zero-order chi connectivity index (χ0) is 12.8. The molecule has 0 saturated carbocycles. The molecule has 0 atom stereocenters. The van der Waals surface area contributed by atoms with E-state index in [0.29, 0.717) is 27.8 Å². The lowest BCUT2D eigenvalue weighted by atomic mass is 10.2. The molecule has 0 radical (unpaired) electrons. The number of nitrogens with one attached hydrogen (secondary N) is 1. The van der Waals surface area contributed by atoms with Crippen LogP contribution in [0.1, 0.15) is 0 Å². The SMILES string of the molecule is COc1cc2c(=O)cc[nH]c2cc1Cl.[N-]=C=O. The number of halogens is 1. The van der Waals surface area contributed by atoms with Crippen LogP contribution in [0, 0.1) is 0 Å². The highest BCUT2D eigenvalue weighted by atomic mass is 35.5. The Morgan fingerprint density at radius 2 is 2.12 bits per heavy atom. The van der Waals surface area contributed by atoms with E-state index < -0.39 is 0 Å². The molecule has 0 spiro atoms. The first-order chi connectivity index (χ1) is 8.13. The van der Waals surface area contributed by atoms with Crippen molar-refractivity contribution in [3.63, 3.8) is 0 Å². The number of rotatable bonds is 1. The smallest absolute Gasteiger partial charge is 0.189 e.